The van der Waals surface area contributed by atoms with Crippen molar-refractivity contribution in [1.82, 2.24) is 0 Å². The zero-order valence-corrected chi connectivity index (χ0v) is 74.4. The Hall–Kier alpha value is -1.94. The Balaban J connectivity index is 5.25. The van der Waals surface area contributed by atoms with E-state index in [0.717, 1.165) is 102 Å². The van der Waals surface area contributed by atoms with Crippen LogP contribution in [-0.2, 0) is 65.4 Å². The number of phosphoric ester groups is 2. The summed E-state index contributed by atoms with van der Waals surface area (Å²) in [4.78, 5) is 73.4. The first-order valence-electron chi connectivity index (χ1n) is 47.0. The third-order valence-electron chi connectivity index (χ3n) is 21.5. The number of ether oxygens (including phenoxy) is 4. The van der Waals surface area contributed by atoms with Crippen molar-refractivity contribution in [3.05, 3.63) is 0 Å². The highest BCUT2D eigenvalue weighted by molar-refractivity contribution is 7.47. The topological polar surface area (TPSA) is 237 Å². The lowest BCUT2D eigenvalue weighted by molar-refractivity contribution is -0.161. The maximum Gasteiger partial charge on any atom is 0.472 e. The van der Waals surface area contributed by atoms with Gasteiger partial charge in [-0.25, -0.2) is 9.13 Å². The van der Waals surface area contributed by atoms with E-state index >= 15 is 0 Å². The monoisotopic (exact) mass is 1610 g/mol. The average molecular weight is 1610 g/mol. The Bertz CT molecular complexity index is 2100. The number of carbonyl (C=O) groups is 4. The summed E-state index contributed by atoms with van der Waals surface area (Å²) in [5.74, 6) is -0.461. The molecule has 0 aromatic carbocycles. The molecule has 0 heterocycles. The van der Waals surface area contributed by atoms with Gasteiger partial charge >= 0.3 is 39.5 Å². The highest BCUT2D eigenvalue weighted by Gasteiger charge is 2.31. The van der Waals surface area contributed by atoms with E-state index in [0.29, 0.717) is 25.7 Å². The van der Waals surface area contributed by atoms with Crippen LogP contribution in [0.1, 0.15) is 491 Å². The van der Waals surface area contributed by atoms with Crippen LogP contribution in [0.5, 0.6) is 0 Å². The number of carbonyl (C=O) groups excluding carboxylic acids is 4. The van der Waals surface area contributed by atoms with Crippen LogP contribution >= 0.6 is 15.6 Å². The van der Waals surface area contributed by atoms with E-state index in [1.807, 2.05) is 0 Å². The van der Waals surface area contributed by atoms with Crippen LogP contribution in [0, 0.1) is 11.8 Å². The number of phosphoric acid groups is 2. The summed E-state index contributed by atoms with van der Waals surface area (Å²) in [6.45, 7) is 9.78. The van der Waals surface area contributed by atoms with Crippen molar-refractivity contribution in [3.63, 3.8) is 0 Å². The summed E-state index contributed by atoms with van der Waals surface area (Å²) >= 11 is 0. The predicted molar refractivity (Wildman–Crippen MR) is 455 cm³/mol. The van der Waals surface area contributed by atoms with Crippen LogP contribution in [-0.4, -0.2) is 96.7 Å². The van der Waals surface area contributed by atoms with E-state index in [9.17, 15) is 43.2 Å². The maximum atomic E-state index is 13.2. The molecule has 0 aliphatic carbocycles. The maximum absolute atomic E-state index is 13.2. The Morgan fingerprint density at radius 2 is 0.418 bits per heavy atom. The molecule has 0 rings (SSSR count). The van der Waals surface area contributed by atoms with Crippen LogP contribution in [0.15, 0.2) is 0 Å². The van der Waals surface area contributed by atoms with E-state index in [1.165, 1.54) is 308 Å². The molecule has 0 fully saturated rings. The lowest BCUT2D eigenvalue weighted by atomic mass is 10.0. The van der Waals surface area contributed by atoms with E-state index in [2.05, 4.69) is 41.5 Å². The number of hydrogen-bond donors (Lipinski definition) is 3. The first-order valence-corrected chi connectivity index (χ1v) is 50.0. The second-order valence-corrected chi connectivity index (χ2v) is 36.6. The Morgan fingerprint density at radius 3 is 0.618 bits per heavy atom. The molecule has 0 aliphatic rings. The van der Waals surface area contributed by atoms with Gasteiger partial charge in [0, 0.05) is 25.7 Å². The van der Waals surface area contributed by atoms with Gasteiger partial charge in [0.15, 0.2) is 12.2 Å². The number of aliphatic hydroxyl groups excluding tert-OH is 1. The average Bonchev–Trinajstić information content (AvgIpc) is 0.898. The van der Waals surface area contributed by atoms with E-state index < -0.39 is 97.5 Å². The van der Waals surface area contributed by atoms with Gasteiger partial charge in [0.05, 0.1) is 26.4 Å². The van der Waals surface area contributed by atoms with Gasteiger partial charge in [-0.05, 0) is 37.5 Å². The Labute approximate surface area is 677 Å². The summed E-state index contributed by atoms with van der Waals surface area (Å²) in [6.07, 6.45) is 76.3. The normalized spacial score (nSPS) is 13.7. The molecule has 0 amide bonds. The fourth-order valence-corrected chi connectivity index (χ4v) is 15.9. The summed E-state index contributed by atoms with van der Waals surface area (Å²) in [7, 11) is -9.94. The van der Waals surface area contributed by atoms with Gasteiger partial charge in [0.25, 0.3) is 0 Å². The first kappa shape index (κ1) is 108. The minimum atomic E-state index is -4.97. The fourth-order valence-electron chi connectivity index (χ4n) is 14.3. The lowest BCUT2D eigenvalue weighted by Crippen LogP contribution is -2.30. The summed E-state index contributed by atoms with van der Waals surface area (Å²) in [5.41, 5.74) is 0. The minimum Gasteiger partial charge on any atom is -0.462 e. The van der Waals surface area contributed by atoms with Crippen molar-refractivity contribution in [2.24, 2.45) is 11.8 Å². The van der Waals surface area contributed by atoms with E-state index in [-0.39, 0.29) is 25.7 Å². The molecule has 0 saturated carbocycles. The van der Waals surface area contributed by atoms with Crippen molar-refractivity contribution >= 4 is 39.5 Å². The zero-order valence-electron chi connectivity index (χ0n) is 72.6. The lowest BCUT2D eigenvalue weighted by Gasteiger charge is -2.21. The molecule has 3 N–H and O–H groups in total. The molecular formula is C91H178O17P2. The third-order valence-corrected chi connectivity index (χ3v) is 23.4. The number of rotatable bonds is 90. The van der Waals surface area contributed by atoms with Crippen LogP contribution in [0.3, 0.4) is 0 Å². The van der Waals surface area contributed by atoms with Crippen LogP contribution in [0.25, 0.3) is 0 Å². The SMILES string of the molecule is CCCCCCCCCCCCCCCCCCCCC(=O)O[C@H](COC(=O)CCCCCCCCCCCCCC)COP(=O)(O)OC[C@H](O)COP(=O)(O)OC[C@@H](COC(=O)CCCCCCCCCCCCCCCCCCC(C)C)OC(=O)CCCCCCCCCCCCCCCCCCCCC(C)C. The highest BCUT2D eigenvalue weighted by Crippen LogP contribution is 2.45. The van der Waals surface area contributed by atoms with Crippen molar-refractivity contribution in [1.29, 1.82) is 0 Å². The van der Waals surface area contributed by atoms with Gasteiger partial charge < -0.3 is 33.8 Å². The molecule has 0 aromatic heterocycles. The van der Waals surface area contributed by atoms with Crippen LogP contribution in [0.4, 0.5) is 0 Å². The first-order chi connectivity index (χ1) is 53.4. The second-order valence-electron chi connectivity index (χ2n) is 33.6. The molecule has 654 valence electrons. The number of esters is 4. The number of aliphatic hydroxyl groups is 1. The van der Waals surface area contributed by atoms with Crippen LogP contribution in [0.2, 0.25) is 0 Å². The summed E-state index contributed by atoms with van der Waals surface area (Å²) in [5, 5.41) is 10.7. The van der Waals surface area contributed by atoms with Crippen LogP contribution < -0.4 is 0 Å². The highest BCUT2D eigenvalue weighted by atomic mass is 31.2. The second kappa shape index (κ2) is 82.2. The predicted octanol–water partition coefficient (Wildman–Crippen LogP) is 28.2. The molecule has 0 spiro atoms. The number of unbranched alkanes of at least 4 members (excludes halogenated alkanes) is 60. The number of hydrogen-bond acceptors (Lipinski definition) is 15. The zero-order chi connectivity index (χ0) is 80.6. The molecular weight excluding hydrogens is 1430 g/mol. The fraction of sp³-hybridized carbons (Fsp3) is 0.956. The molecule has 0 aromatic rings. The quantitative estimate of drug-likeness (QED) is 0.0222. The summed E-state index contributed by atoms with van der Waals surface area (Å²) in [6, 6.07) is 0. The molecule has 0 radical (unpaired) electrons. The molecule has 5 atom stereocenters. The third kappa shape index (κ3) is 84.0. The summed E-state index contributed by atoms with van der Waals surface area (Å²) < 4.78 is 69.1. The molecule has 0 saturated heterocycles. The van der Waals surface area contributed by atoms with Crippen molar-refractivity contribution in [2.45, 2.75) is 509 Å². The Kier molecular flexibility index (Phi) is 80.7. The van der Waals surface area contributed by atoms with Gasteiger partial charge in [-0.15, -0.1) is 0 Å². The molecule has 0 bridgehead atoms. The van der Waals surface area contributed by atoms with E-state index in [1.54, 1.807) is 0 Å². The molecule has 19 heteroatoms. The molecule has 0 aliphatic heterocycles. The Morgan fingerprint density at radius 1 is 0.245 bits per heavy atom. The largest absolute Gasteiger partial charge is 0.472 e. The van der Waals surface area contributed by atoms with Gasteiger partial charge in [0.1, 0.15) is 19.3 Å². The van der Waals surface area contributed by atoms with Crippen molar-refractivity contribution < 1.29 is 80.2 Å². The smallest absolute Gasteiger partial charge is 0.462 e. The van der Waals surface area contributed by atoms with Gasteiger partial charge in [-0.2, -0.15) is 0 Å². The standard InChI is InChI=1S/C91H178O17P2/c1-7-9-11-13-15-17-19-21-22-23-27-34-39-45-51-57-63-69-75-90(95)107-86(79-101-88(93)73-67-61-55-49-43-20-18-16-14-12-10-8-2)81-105-109(97,98)103-77-85(92)78-104-110(99,100)106-82-87(80-102-89(94)74-68-62-56-50-44-38-33-30-29-32-37-42-48-54-60-66-72-84(5)6)108-91(96)76-70-64-58-52-46-40-35-28-25-24-26-31-36-41-47-53-59-65-71-83(3)4/h83-87,92H,7-82H2,1-6H3,(H,97,98)(H,99,100)/t85-,86+,87+/m0/s1. The van der Waals surface area contributed by atoms with Crippen molar-refractivity contribution in [3.8, 4) is 0 Å². The van der Waals surface area contributed by atoms with Gasteiger partial charge in [-0.3, -0.25) is 37.3 Å². The molecule has 2 unspecified atom stereocenters. The van der Waals surface area contributed by atoms with E-state index in [4.69, 9.17) is 37.0 Å². The molecule has 17 nitrogen and oxygen atoms in total. The van der Waals surface area contributed by atoms with Gasteiger partial charge in [-0.1, -0.05) is 440 Å². The molecule has 110 heavy (non-hydrogen) atoms. The minimum absolute atomic E-state index is 0.109. The van der Waals surface area contributed by atoms with Crippen molar-refractivity contribution in [2.75, 3.05) is 39.6 Å². The van der Waals surface area contributed by atoms with Gasteiger partial charge in [0.2, 0.25) is 0 Å².